The summed E-state index contributed by atoms with van der Waals surface area (Å²) < 4.78 is 4.94. The normalized spacial score (nSPS) is 17.2. The van der Waals surface area contributed by atoms with Crippen molar-refractivity contribution in [2.45, 2.75) is 12.8 Å². The summed E-state index contributed by atoms with van der Waals surface area (Å²) in [5.41, 5.74) is 1.09. The Morgan fingerprint density at radius 3 is 2.73 bits per heavy atom. The van der Waals surface area contributed by atoms with Crippen molar-refractivity contribution in [1.29, 1.82) is 0 Å². The summed E-state index contributed by atoms with van der Waals surface area (Å²) >= 11 is 0. The Bertz CT molecular complexity index is 232. The van der Waals surface area contributed by atoms with Crippen molar-refractivity contribution >= 4 is 12.4 Å². The highest BCUT2D eigenvalue weighted by Gasteiger charge is 2.21. The third-order valence-corrected chi connectivity index (χ3v) is 1.85. The van der Waals surface area contributed by atoms with Crippen LogP contribution in [0.5, 0.6) is 0 Å². The van der Waals surface area contributed by atoms with Crippen LogP contribution in [0.15, 0.2) is 10.6 Å². The van der Waals surface area contributed by atoms with Crippen molar-refractivity contribution in [2.24, 2.45) is 0 Å². The molecule has 2 rings (SSSR count). The van der Waals surface area contributed by atoms with Crippen LogP contribution in [0.3, 0.4) is 0 Å². The number of halogens is 1. The Kier molecular flexibility index (Phi) is 2.52. The molecule has 1 aromatic rings. The van der Waals surface area contributed by atoms with Crippen LogP contribution in [0.25, 0.3) is 0 Å². The highest BCUT2D eigenvalue weighted by atomic mass is 35.5. The monoisotopic (exact) mass is 174 g/mol. The van der Waals surface area contributed by atoms with Gasteiger partial charge in [0.2, 0.25) is 0 Å². The van der Waals surface area contributed by atoms with Gasteiger partial charge in [-0.1, -0.05) is 5.16 Å². The molecule has 1 N–H and O–H groups in total. The van der Waals surface area contributed by atoms with E-state index in [9.17, 15) is 0 Å². The van der Waals surface area contributed by atoms with Gasteiger partial charge < -0.3 is 9.84 Å². The molecule has 0 radical (unpaired) electrons. The topological polar surface area (TPSA) is 38.1 Å². The number of aromatic nitrogens is 1. The smallest absolute Gasteiger partial charge is 0.133 e. The Morgan fingerprint density at radius 1 is 1.64 bits per heavy atom. The van der Waals surface area contributed by atoms with E-state index in [4.69, 9.17) is 4.52 Å². The Hall–Kier alpha value is -0.540. The number of nitrogens with zero attached hydrogens (tertiary/aromatic N) is 1. The second-order valence-electron chi connectivity index (χ2n) is 2.72. The van der Waals surface area contributed by atoms with Crippen LogP contribution in [-0.2, 0) is 0 Å². The molecular formula is C7H11ClN2O. The fourth-order valence-corrected chi connectivity index (χ4v) is 1.08. The number of hydrogen-bond donors (Lipinski definition) is 1. The molecule has 0 aliphatic carbocycles. The van der Waals surface area contributed by atoms with Gasteiger partial charge in [0.15, 0.2) is 0 Å². The van der Waals surface area contributed by atoms with Crippen molar-refractivity contribution in [3.8, 4) is 0 Å². The number of nitrogens with one attached hydrogen (secondary N) is 1. The minimum atomic E-state index is 0. The summed E-state index contributed by atoms with van der Waals surface area (Å²) in [6.07, 6.45) is 0. The third kappa shape index (κ3) is 1.54. The van der Waals surface area contributed by atoms with Gasteiger partial charge in [-0.3, -0.25) is 0 Å². The van der Waals surface area contributed by atoms with E-state index >= 15 is 0 Å². The predicted molar refractivity (Wildman–Crippen MR) is 44.1 cm³/mol. The molecule has 0 unspecified atom stereocenters. The first-order chi connectivity index (χ1) is 4.86. The molecule has 3 nitrogen and oxygen atoms in total. The van der Waals surface area contributed by atoms with Gasteiger partial charge in [-0.15, -0.1) is 12.4 Å². The lowest BCUT2D eigenvalue weighted by atomic mass is 10.00. The van der Waals surface area contributed by atoms with Crippen molar-refractivity contribution in [3.63, 3.8) is 0 Å². The highest BCUT2D eigenvalue weighted by Crippen LogP contribution is 2.18. The first kappa shape index (κ1) is 8.56. The van der Waals surface area contributed by atoms with E-state index in [1.54, 1.807) is 0 Å². The molecule has 0 saturated carbocycles. The van der Waals surface area contributed by atoms with Crippen LogP contribution in [0.2, 0.25) is 0 Å². The van der Waals surface area contributed by atoms with E-state index in [-0.39, 0.29) is 12.4 Å². The van der Waals surface area contributed by atoms with Gasteiger partial charge in [-0.2, -0.15) is 0 Å². The van der Waals surface area contributed by atoms with Gasteiger partial charge in [-0.25, -0.2) is 0 Å². The Labute approximate surface area is 71.6 Å². The Morgan fingerprint density at radius 2 is 2.36 bits per heavy atom. The summed E-state index contributed by atoms with van der Waals surface area (Å²) in [7, 11) is 0. The average molecular weight is 175 g/mol. The zero-order valence-electron chi connectivity index (χ0n) is 6.33. The maximum atomic E-state index is 4.94. The minimum absolute atomic E-state index is 0. The standard InChI is InChI=1S/C7H10N2O.ClH/c1-5-2-7(9-10-5)6-3-8-4-6;/h2,6,8H,3-4H2,1H3;1H. The SMILES string of the molecule is Cc1cc(C2CNC2)no1.Cl. The van der Waals surface area contributed by atoms with Crippen LogP contribution >= 0.6 is 12.4 Å². The molecule has 1 aromatic heterocycles. The molecule has 0 amide bonds. The molecule has 4 heteroatoms. The molecule has 1 aliphatic heterocycles. The molecule has 62 valence electrons. The van der Waals surface area contributed by atoms with Gasteiger partial charge in [0.1, 0.15) is 5.76 Å². The molecule has 2 heterocycles. The maximum absolute atomic E-state index is 4.94. The fraction of sp³-hybridized carbons (Fsp3) is 0.571. The summed E-state index contributed by atoms with van der Waals surface area (Å²) in [5, 5.41) is 7.11. The molecule has 1 fully saturated rings. The van der Waals surface area contributed by atoms with E-state index in [2.05, 4.69) is 10.5 Å². The molecule has 0 aromatic carbocycles. The lowest BCUT2D eigenvalue weighted by molar-refractivity contribution is 0.365. The van der Waals surface area contributed by atoms with Crippen LogP contribution in [0, 0.1) is 6.92 Å². The second kappa shape index (κ2) is 3.24. The van der Waals surface area contributed by atoms with Crippen molar-refractivity contribution in [2.75, 3.05) is 13.1 Å². The summed E-state index contributed by atoms with van der Waals surface area (Å²) in [4.78, 5) is 0. The van der Waals surface area contributed by atoms with E-state index in [0.717, 1.165) is 24.5 Å². The van der Waals surface area contributed by atoms with Gasteiger partial charge in [0.05, 0.1) is 5.69 Å². The second-order valence-corrected chi connectivity index (χ2v) is 2.72. The van der Waals surface area contributed by atoms with Crippen LogP contribution in [0.4, 0.5) is 0 Å². The summed E-state index contributed by atoms with van der Waals surface area (Å²) in [6.45, 7) is 4.01. The lowest BCUT2D eigenvalue weighted by Crippen LogP contribution is -2.40. The van der Waals surface area contributed by atoms with Crippen molar-refractivity contribution in [1.82, 2.24) is 10.5 Å². The van der Waals surface area contributed by atoms with Gasteiger partial charge in [-0.05, 0) is 6.92 Å². The van der Waals surface area contributed by atoms with Gasteiger partial charge >= 0.3 is 0 Å². The maximum Gasteiger partial charge on any atom is 0.133 e. The largest absolute Gasteiger partial charge is 0.361 e. The minimum Gasteiger partial charge on any atom is -0.361 e. The highest BCUT2D eigenvalue weighted by molar-refractivity contribution is 5.85. The molecular weight excluding hydrogens is 164 g/mol. The van der Waals surface area contributed by atoms with Gasteiger partial charge in [0.25, 0.3) is 0 Å². The van der Waals surface area contributed by atoms with E-state index in [1.165, 1.54) is 0 Å². The predicted octanol–water partition coefficient (Wildman–Crippen LogP) is 1.09. The fourth-order valence-electron chi connectivity index (χ4n) is 1.08. The number of hydrogen-bond acceptors (Lipinski definition) is 3. The van der Waals surface area contributed by atoms with Crippen molar-refractivity contribution < 1.29 is 4.52 Å². The average Bonchev–Trinajstić information content (AvgIpc) is 2.10. The first-order valence-electron chi connectivity index (χ1n) is 3.50. The van der Waals surface area contributed by atoms with E-state index in [0.29, 0.717) is 5.92 Å². The van der Waals surface area contributed by atoms with Crippen molar-refractivity contribution in [3.05, 3.63) is 17.5 Å². The molecule has 0 bridgehead atoms. The quantitative estimate of drug-likeness (QED) is 0.693. The van der Waals surface area contributed by atoms with E-state index < -0.39 is 0 Å². The number of rotatable bonds is 1. The molecule has 1 saturated heterocycles. The molecule has 1 aliphatic rings. The molecule has 0 atom stereocenters. The first-order valence-corrected chi connectivity index (χ1v) is 3.50. The zero-order valence-corrected chi connectivity index (χ0v) is 7.15. The molecule has 0 spiro atoms. The van der Waals surface area contributed by atoms with Gasteiger partial charge in [0, 0.05) is 25.1 Å². The Balaban J connectivity index is 0.000000605. The van der Waals surface area contributed by atoms with E-state index in [1.807, 2.05) is 13.0 Å². The van der Waals surface area contributed by atoms with Crippen LogP contribution in [-0.4, -0.2) is 18.2 Å². The van der Waals surface area contributed by atoms with Crippen LogP contribution < -0.4 is 5.32 Å². The van der Waals surface area contributed by atoms with Crippen LogP contribution in [0.1, 0.15) is 17.4 Å². The summed E-state index contributed by atoms with van der Waals surface area (Å²) in [5.74, 6) is 1.50. The number of aryl methyl sites for hydroxylation is 1. The summed E-state index contributed by atoms with van der Waals surface area (Å²) in [6, 6.07) is 2.01. The lowest BCUT2D eigenvalue weighted by Gasteiger charge is -2.24. The molecule has 11 heavy (non-hydrogen) atoms. The zero-order chi connectivity index (χ0) is 6.97. The third-order valence-electron chi connectivity index (χ3n) is 1.85.